The molecule has 0 aromatic carbocycles. The zero-order valence-electron chi connectivity index (χ0n) is 13.5. The highest BCUT2D eigenvalue weighted by Gasteiger charge is 2.08. The van der Waals surface area contributed by atoms with Gasteiger partial charge in [-0.2, -0.15) is 0 Å². The molecule has 0 atom stereocenters. The Bertz CT molecular complexity index is 315. The van der Waals surface area contributed by atoms with Crippen molar-refractivity contribution in [2.45, 2.75) is 83.5 Å². The summed E-state index contributed by atoms with van der Waals surface area (Å²) < 4.78 is 4.46. The minimum absolute atomic E-state index is 0.00572. The lowest BCUT2D eigenvalue weighted by molar-refractivity contribution is -0.143. The van der Waals surface area contributed by atoms with Crippen LogP contribution in [0.25, 0.3) is 0 Å². The highest BCUT2D eigenvalue weighted by Crippen LogP contribution is 2.12. The van der Waals surface area contributed by atoms with E-state index in [0.29, 0.717) is 6.42 Å². The first-order chi connectivity index (χ1) is 10.2. The summed E-state index contributed by atoms with van der Waals surface area (Å²) >= 11 is 0. The van der Waals surface area contributed by atoms with E-state index in [9.17, 15) is 9.59 Å². The van der Waals surface area contributed by atoms with Gasteiger partial charge < -0.3 is 4.74 Å². The minimum atomic E-state index is -0.428. The predicted octanol–water partition coefficient (Wildman–Crippen LogP) is 4.43. The van der Waals surface area contributed by atoms with Gasteiger partial charge in [0.2, 0.25) is 0 Å². The van der Waals surface area contributed by atoms with Crippen molar-refractivity contribution in [3.63, 3.8) is 0 Å². The molecule has 0 bridgehead atoms. The Kier molecular flexibility index (Phi) is 14.2. The smallest absolute Gasteiger partial charge is 0.313 e. The average molecular weight is 294 g/mol. The molecule has 3 heteroatoms. The monoisotopic (exact) mass is 294 g/mol. The van der Waals surface area contributed by atoms with E-state index >= 15 is 0 Å². The van der Waals surface area contributed by atoms with Crippen LogP contribution in [0.15, 0.2) is 0 Å². The molecule has 0 radical (unpaired) electrons. The van der Waals surface area contributed by atoms with E-state index in [1.165, 1.54) is 52.1 Å². The molecule has 0 aromatic heterocycles. The average Bonchev–Trinajstić information content (AvgIpc) is 2.48. The SMILES string of the molecule is C#CCCCCCCCCCCCCC(=O)CC(=O)OC. The van der Waals surface area contributed by atoms with Crippen molar-refractivity contribution in [3.8, 4) is 12.3 Å². The molecule has 0 rings (SSSR count). The van der Waals surface area contributed by atoms with E-state index in [0.717, 1.165) is 25.7 Å². The van der Waals surface area contributed by atoms with Crippen molar-refractivity contribution in [3.05, 3.63) is 0 Å². The molecule has 0 saturated heterocycles. The van der Waals surface area contributed by atoms with Gasteiger partial charge in [0, 0.05) is 12.8 Å². The standard InChI is InChI=1S/C18H30O3/c1-3-4-5-6-7-8-9-10-11-12-13-14-15-17(19)16-18(20)21-2/h1H,4-16H2,2H3. The Labute approximate surface area is 129 Å². The van der Waals surface area contributed by atoms with Gasteiger partial charge in [-0.25, -0.2) is 0 Å². The van der Waals surface area contributed by atoms with Gasteiger partial charge in [-0.1, -0.05) is 51.4 Å². The number of esters is 1. The molecule has 0 fully saturated rings. The van der Waals surface area contributed by atoms with Gasteiger partial charge in [0.05, 0.1) is 7.11 Å². The fourth-order valence-electron chi connectivity index (χ4n) is 2.28. The third-order valence-corrected chi connectivity index (χ3v) is 3.60. The maximum Gasteiger partial charge on any atom is 0.313 e. The summed E-state index contributed by atoms with van der Waals surface area (Å²) in [5.41, 5.74) is 0. The Morgan fingerprint density at radius 1 is 0.857 bits per heavy atom. The van der Waals surface area contributed by atoms with E-state index in [1.807, 2.05) is 0 Å². The Morgan fingerprint density at radius 3 is 1.81 bits per heavy atom. The van der Waals surface area contributed by atoms with Crippen LogP contribution in [0.2, 0.25) is 0 Å². The third-order valence-electron chi connectivity index (χ3n) is 3.60. The second kappa shape index (κ2) is 15.1. The molecular weight excluding hydrogens is 264 g/mol. The van der Waals surface area contributed by atoms with Crippen LogP contribution in [0, 0.1) is 12.3 Å². The van der Waals surface area contributed by atoms with Crippen LogP contribution < -0.4 is 0 Å². The summed E-state index contributed by atoms with van der Waals surface area (Å²) in [6.07, 6.45) is 18.6. The van der Waals surface area contributed by atoms with Crippen LogP contribution in [0.3, 0.4) is 0 Å². The second-order valence-electron chi connectivity index (χ2n) is 5.53. The highest BCUT2D eigenvalue weighted by atomic mass is 16.5. The zero-order valence-corrected chi connectivity index (χ0v) is 13.5. The van der Waals surface area contributed by atoms with Crippen molar-refractivity contribution in [2.75, 3.05) is 7.11 Å². The first-order valence-corrected chi connectivity index (χ1v) is 8.22. The number of hydrogen-bond acceptors (Lipinski definition) is 3. The number of unbranched alkanes of at least 4 members (excludes halogenated alkanes) is 10. The molecule has 0 aliphatic heterocycles. The number of methoxy groups -OCH3 is 1. The summed E-state index contributed by atoms with van der Waals surface area (Å²) in [5, 5.41) is 0. The van der Waals surface area contributed by atoms with Crippen LogP contribution in [-0.2, 0) is 14.3 Å². The number of Topliss-reactive ketones (excluding diaryl/α,β-unsaturated/α-hetero) is 1. The quantitative estimate of drug-likeness (QED) is 0.206. The number of terminal acetylenes is 1. The Hall–Kier alpha value is -1.30. The maximum absolute atomic E-state index is 11.4. The summed E-state index contributed by atoms with van der Waals surface area (Å²) in [4.78, 5) is 22.3. The van der Waals surface area contributed by atoms with E-state index < -0.39 is 5.97 Å². The molecule has 0 saturated carbocycles. The van der Waals surface area contributed by atoms with E-state index in [2.05, 4.69) is 10.7 Å². The van der Waals surface area contributed by atoms with Crippen LogP contribution in [0.1, 0.15) is 83.5 Å². The lowest BCUT2D eigenvalue weighted by atomic mass is 10.0. The first-order valence-electron chi connectivity index (χ1n) is 8.22. The van der Waals surface area contributed by atoms with Crippen molar-refractivity contribution in [2.24, 2.45) is 0 Å². The topological polar surface area (TPSA) is 43.4 Å². The molecule has 0 spiro atoms. The van der Waals surface area contributed by atoms with E-state index in [-0.39, 0.29) is 12.2 Å². The van der Waals surface area contributed by atoms with Crippen LogP contribution >= 0.6 is 0 Å². The summed E-state index contributed by atoms with van der Waals surface area (Å²) in [6, 6.07) is 0. The maximum atomic E-state index is 11.4. The van der Waals surface area contributed by atoms with Crippen LogP contribution in [0.4, 0.5) is 0 Å². The van der Waals surface area contributed by atoms with Crippen molar-refractivity contribution >= 4 is 11.8 Å². The molecule has 0 aromatic rings. The molecule has 0 heterocycles. The zero-order chi connectivity index (χ0) is 15.8. The number of carbonyl (C=O) groups excluding carboxylic acids is 2. The van der Waals surface area contributed by atoms with Gasteiger partial charge in [0.15, 0.2) is 0 Å². The van der Waals surface area contributed by atoms with E-state index in [4.69, 9.17) is 6.42 Å². The van der Waals surface area contributed by atoms with Crippen molar-refractivity contribution in [1.29, 1.82) is 0 Å². The summed E-state index contributed by atoms with van der Waals surface area (Å²) in [7, 11) is 1.31. The predicted molar refractivity (Wildman–Crippen MR) is 85.9 cm³/mol. The van der Waals surface area contributed by atoms with Gasteiger partial charge in [-0.05, 0) is 12.8 Å². The van der Waals surface area contributed by atoms with Gasteiger partial charge in [0.1, 0.15) is 12.2 Å². The Balaban J connectivity index is 3.17. The second-order valence-corrected chi connectivity index (χ2v) is 5.53. The number of carbonyl (C=O) groups is 2. The Morgan fingerprint density at radius 2 is 1.33 bits per heavy atom. The minimum Gasteiger partial charge on any atom is -0.469 e. The number of hydrogen-bond donors (Lipinski definition) is 0. The fraction of sp³-hybridized carbons (Fsp3) is 0.778. The molecule has 0 amide bonds. The normalized spacial score (nSPS) is 10.1. The highest BCUT2D eigenvalue weighted by molar-refractivity contribution is 5.95. The lowest BCUT2D eigenvalue weighted by Gasteiger charge is -2.02. The molecule has 0 N–H and O–H groups in total. The number of rotatable bonds is 14. The van der Waals surface area contributed by atoms with Gasteiger partial charge in [-0.15, -0.1) is 12.3 Å². The van der Waals surface area contributed by atoms with E-state index in [1.54, 1.807) is 0 Å². The molecule has 0 aliphatic rings. The van der Waals surface area contributed by atoms with Crippen LogP contribution in [-0.4, -0.2) is 18.9 Å². The molecule has 21 heavy (non-hydrogen) atoms. The largest absolute Gasteiger partial charge is 0.469 e. The molecular formula is C18H30O3. The first kappa shape index (κ1) is 19.7. The summed E-state index contributed by atoms with van der Waals surface area (Å²) in [5.74, 6) is 2.24. The van der Waals surface area contributed by atoms with Gasteiger partial charge >= 0.3 is 5.97 Å². The summed E-state index contributed by atoms with van der Waals surface area (Å²) in [6.45, 7) is 0. The lowest BCUT2D eigenvalue weighted by Crippen LogP contribution is -2.08. The molecule has 0 unspecified atom stereocenters. The van der Waals surface area contributed by atoms with Crippen LogP contribution in [0.5, 0.6) is 0 Å². The number of ether oxygens (including phenoxy) is 1. The molecule has 0 aliphatic carbocycles. The fourth-order valence-corrected chi connectivity index (χ4v) is 2.28. The number of ketones is 1. The van der Waals surface area contributed by atoms with Crippen molar-refractivity contribution in [1.82, 2.24) is 0 Å². The third kappa shape index (κ3) is 14.9. The van der Waals surface area contributed by atoms with Gasteiger partial charge in [-0.3, -0.25) is 9.59 Å². The van der Waals surface area contributed by atoms with Crippen molar-refractivity contribution < 1.29 is 14.3 Å². The molecule has 120 valence electrons. The van der Waals surface area contributed by atoms with Gasteiger partial charge in [0.25, 0.3) is 0 Å². The molecule has 3 nitrogen and oxygen atoms in total.